The molecule has 2 aromatic carbocycles. The summed E-state index contributed by atoms with van der Waals surface area (Å²) in [5.74, 6) is 1.07. The molecule has 2 aliphatic rings. The Morgan fingerprint density at radius 2 is 1.64 bits per heavy atom. The van der Waals surface area contributed by atoms with Gasteiger partial charge in [-0.3, -0.25) is 4.79 Å². The zero-order chi connectivity index (χ0) is 16.8. The summed E-state index contributed by atoms with van der Waals surface area (Å²) >= 11 is 0. The Kier molecular flexibility index (Phi) is 3.40. The van der Waals surface area contributed by atoms with Gasteiger partial charge in [0.2, 0.25) is 0 Å². The van der Waals surface area contributed by atoms with Gasteiger partial charge < -0.3 is 9.30 Å². The first kappa shape index (κ1) is 14.8. The molecule has 3 atom stereocenters. The van der Waals surface area contributed by atoms with E-state index >= 15 is 0 Å². The van der Waals surface area contributed by atoms with Gasteiger partial charge in [-0.25, -0.2) is 0 Å². The van der Waals surface area contributed by atoms with Crippen LogP contribution in [0.5, 0.6) is 0 Å². The van der Waals surface area contributed by atoms with Gasteiger partial charge in [-0.1, -0.05) is 48.6 Å². The first-order chi connectivity index (χ1) is 12.3. The molecule has 2 bridgehead atoms. The summed E-state index contributed by atoms with van der Waals surface area (Å²) in [7, 11) is 0. The molecule has 3 aromatic rings. The normalized spacial score (nSPS) is 24.4. The first-order valence-corrected chi connectivity index (χ1v) is 9.12. The van der Waals surface area contributed by atoms with Gasteiger partial charge in [0.1, 0.15) is 6.61 Å². The number of hydrogen-bond donors (Lipinski definition) is 0. The summed E-state index contributed by atoms with van der Waals surface area (Å²) < 4.78 is 7.92. The summed E-state index contributed by atoms with van der Waals surface area (Å²) in [6.45, 7) is 1.12. The lowest BCUT2D eigenvalue weighted by molar-refractivity contribution is -0.149. The number of carbonyl (C=O) groups excluding carboxylic acids is 1. The maximum Gasteiger partial charge on any atom is 0.309 e. The zero-order valence-electron chi connectivity index (χ0n) is 14.1. The minimum atomic E-state index is -0.0161. The molecule has 0 radical (unpaired) electrons. The fraction of sp³-hybridized carbons (Fsp3) is 0.318. The number of carbonyl (C=O) groups is 1. The number of rotatable bonds is 4. The summed E-state index contributed by atoms with van der Waals surface area (Å²) in [4.78, 5) is 12.4. The van der Waals surface area contributed by atoms with Crippen molar-refractivity contribution < 1.29 is 9.53 Å². The number of benzene rings is 2. The average Bonchev–Trinajstić information content (AvgIpc) is 3.35. The van der Waals surface area contributed by atoms with Gasteiger partial charge in [-0.2, -0.15) is 0 Å². The second-order valence-corrected chi connectivity index (χ2v) is 7.24. The van der Waals surface area contributed by atoms with Crippen molar-refractivity contribution in [3.8, 4) is 0 Å². The molecule has 126 valence electrons. The molecule has 1 fully saturated rings. The Labute approximate surface area is 146 Å². The SMILES string of the molecule is O=C(OCCn1c2ccccc2c2ccccc21)[C@H]1C[C@H]2C=C[C@@H]1C2. The van der Waals surface area contributed by atoms with Gasteiger partial charge in [-0.15, -0.1) is 0 Å². The van der Waals surface area contributed by atoms with Crippen LogP contribution in [0.4, 0.5) is 0 Å². The molecule has 1 saturated carbocycles. The highest BCUT2D eigenvalue weighted by molar-refractivity contribution is 6.07. The van der Waals surface area contributed by atoms with Crippen molar-refractivity contribution in [2.45, 2.75) is 19.4 Å². The van der Waals surface area contributed by atoms with E-state index < -0.39 is 0 Å². The molecule has 0 amide bonds. The number of fused-ring (bicyclic) bond motifs is 5. The fourth-order valence-corrected chi connectivity index (χ4v) is 4.64. The fourth-order valence-electron chi connectivity index (χ4n) is 4.64. The number of allylic oxidation sites excluding steroid dienone is 2. The van der Waals surface area contributed by atoms with Crippen molar-refractivity contribution in [2.24, 2.45) is 17.8 Å². The van der Waals surface area contributed by atoms with Crippen molar-refractivity contribution >= 4 is 27.8 Å². The number of para-hydroxylation sites is 2. The number of ether oxygens (including phenoxy) is 1. The number of aromatic nitrogens is 1. The monoisotopic (exact) mass is 331 g/mol. The highest BCUT2D eigenvalue weighted by Crippen LogP contribution is 2.43. The molecule has 25 heavy (non-hydrogen) atoms. The predicted molar refractivity (Wildman–Crippen MR) is 99.2 cm³/mol. The van der Waals surface area contributed by atoms with Crippen LogP contribution in [0.3, 0.4) is 0 Å². The van der Waals surface area contributed by atoms with Crippen molar-refractivity contribution in [3.05, 3.63) is 60.7 Å². The Morgan fingerprint density at radius 1 is 0.960 bits per heavy atom. The second kappa shape index (κ2) is 5.76. The molecule has 0 aliphatic heterocycles. The van der Waals surface area contributed by atoms with E-state index in [9.17, 15) is 4.79 Å². The van der Waals surface area contributed by atoms with Crippen LogP contribution in [0.1, 0.15) is 12.8 Å². The lowest BCUT2D eigenvalue weighted by atomic mass is 9.94. The Hall–Kier alpha value is -2.55. The molecule has 5 rings (SSSR count). The lowest BCUT2D eigenvalue weighted by Gasteiger charge is -2.17. The molecule has 0 unspecified atom stereocenters. The van der Waals surface area contributed by atoms with Crippen LogP contribution in [-0.4, -0.2) is 17.1 Å². The third kappa shape index (κ3) is 2.38. The van der Waals surface area contributed by atoms with Crippen LogP contribution in [0, 0.1) is 17.8 Å². The average molecular weight is 331 g/mol. The zero-order valence-corrected chi connectivity index (χ0v) is 14.1. The van der Waals surface area contributed by atoms with E-state index in [0.29, 0.717) is 25.0 Å². The summed E-state index contributed by atoms with van der Waals surface area (Å²) in [6.07, 6.45) is 6.56. The highest BCUT2D eigenvalue weighted by atomic mass is 16.5. The van der Waals surface area contributed by atoms with E-state index in [1.807, 2.05) is 0 Å². The number of esters is 1. The highest BCUT2D eigenvalue weighted by Gasteiger charge is 2.40. The topological polar surface area (TPSA) is 31.2 Å². The van der Waals surface area contributed by atoms with Crippen molar-refractivity contribution in [2.75, 3.05) is 6.61 Å². The van der Waals surface area contributed by atoms with E-state index in [1.54, 1.807) is 0 Å². The van der Waals surface area contributed by atoms with E-state index in [1.165, 1.54) is 21.8 Å². The largest absolute Gasteiger partial charge is 0.464 e. The minimum Gasteiger partial charge on any atom is -0.464 e. The summed E-state index contributed by atoms with van der Waals surface area (Å²) in [5.41, 5.74) is 2.39. The Balaban J connectivity index is 1.35. The van der Waals surface area contributed by atoms with E-state index in [-0.39, 0.29) is 11.9 Å². The van der Waals surface area contributed by atoms with Crippen LogP contribution < -0.4 is 0 Å². The molecule has 0 N–H and O–H groups in total. The quantitative estimate of drug-likeness (QED) is 0.519. The van der Waals surface area contributed by atoms with Gasteiger partial charge in [-0.05, 0) is 36.8 Å². The van der Waals surface area contributed by atoms with Gasteiger partial charge in [0.15, 0.2) is 0 Å². The number of hydrogen-bond acceptors (Lipinski definition) is 2. The standard InChI is InChI=1S/C22H21NO2/c24-22(19-14-15-9-10-16(19)13-15)25-12-11-23-20-7-3-1-5-17(20)18-6-2-4-8-21(18)23/h1-10,15-16,19H,11-14H2/t15-,16+,19-/m0/s1. The van der Waals surface area contributed by atoms with Crippen LogP contribution >= 0.6 is 0 Å². The molecular weight excluding hydrogens is 310 g/mol. The second-order valence-electron chi connectivity index (χ2n) is 7.24. The van der Waals surface area contributed by atoms with Gasteiger partial charge >= 0.3 is 5.97 Å². The minimum absolute atomic E-state index is 0.0161. The van der Waals surface area contributed by atoms with E-state index in [0.717, 1.165) is 12.8 Å². The van der Waals surface area contributed by atoms with Crippen LogP contribution in [0.25, 0.3) is 21.8 Å². The summed E-state index contributed by atoms with van der Waals surface area (Å²) in [5, 5.41) is 2.50. The Bertz CT molecular complexity index is 931. The molecule has 3 nitrogen and oxygen atoms in total. The molecule has 0 saturated heterocycles. The van der Waals surface area contributed by atoms with Gasteiger partial charge in [0, 0.05) is 21.8 Å². The van der Waals surface area contributed by atoms with Crippen molar-refractivity contribution in [1.29, 1.82) is 0 Å². The van der Waals surface area contributed by atoms with Crippen LogP contribution in [0.2, 0.25) is 0 Å². The van der Waals surface area contributed by atoms with Crippen molar-refractivity contribution in [3.63, 3.8) is 0 Å². The van der Waals surface area contributed by atoms with E-state index in [4.69, 9.17) is 4.74 Å². The van der Waals surface area contributed by atoms with Crippen molar-refractivity contribution in [1.82, 2.24) is 4.57 Å². The molecule has 1 aromatic heterocycles. The smallest absolute Gasteiger partial charge is 0.309 e. The third-order valence-corrected chi connectivity index (χ3v) is 5.82. The van der Waals surface area contributed by atoms with E-state index in [2.05, 4.69) is 65.3 Å². The maximum atomic E-state index is 12.4. The number of nitrogens with zero attached hydrogens (tertiary/aromatic N) is 1. The first-order valence-electron chi connectivity index (χ1n) is 9.12. The van der Waals surface area contributed by atoms with Gasteiger partial charge in [0.25, 0.3) is 0 Å². The lowest BCUT2D eigenvalue weighted by Crippen LogP contribution is -2.23. The molecule has 1 heterocycles. The molecule has 3 heteroatoms. The molecule has 2 aliphatic carbocycles. The molecular formula is C22H21NO2. The van der Waals surface area contributed by atoms with Crippen LogP contribution in [0.15, 0.2) is 60.7 Å². The third-order valence-electron chi connectivity index (χ3n) is 5.82. The molecule has 0 spiro atoms. The maximum absolute atomic E-state index is 12.4. The Morgan fingerprint density at radius 3 is 2.24 bits per heavy atom. The van der Waals surface area contributed by atoms with Gasteiger partial charge in [0.05, 0.1) is 12.5 Å². The van der Waals surface area contributed by atoms with Crippen LogP contribution in [-0.2, 0) is 16.1 Å². The summed E-state index contributed by atoms with van der Waals surface area (Å²) in [6, 6.07) is 16.8. The predicted octanol–water partition coefficient (Wildman–Crippen LogP) is 4.55.